The van der Waals surface area contributed by atoms with Crippen molar-refractivity contribution in [2.75, 3.05) is 0 Å². The molecule has 1 atom stereocenters. The maximum absolute atomic E-state index is 8.89. The summed E-state index contributed by atoms with van der Waals surface area (Å²) in [6, 6.07) is 38.4. The number of hydrogen-bond acceptors (Lipinski definition) is 1. The Hall–Kier alpha value is -3.89. The molecule has 4 aromatic rings. The molecular weight excluding hydrogens is 398 g/mol. The minimum Gasteiger partial charge on any atom is -0.192 e. The highest BCUT2D eigenvalue weighted by molar-refractivity contribution is 5.69. The van der Waals surface area contributed by atoms with E-state index < -0.39 is 0 Å². The Labute approximate surface area is 197 Å². The smallest absolute Gasteiger partial charge is 0.0991 e. The largest absolute Gasteiger partial charge is 0.192 e. The van der Waals surface area contributed by atoms with Crippen molar-refractivity contribution in [2.24, 2.45) is 0 Å². The lowest BCUT2D eigenvalue weighted by Crippen LogP contribution is -1.99. The molecule has 0 saturated heterocycles. The Kier molecular flexibility index (Phi) is 7.52. The van der Waals surface area contributed by atoms with Gasteiger partial charge in [0.15, 0.2) is 0 Å². The minimum absolute atomic E-state index is 0.529. The molecule has 0 heterocycles. The molecule has 0 aromatic heterocycles. The van der Waals surface area contributed by atoms with Crippen LogP contribution >= 0.6 is 0 Å². The molecule has 162 valence electrons. The van der Waals surface area contributed by atoms with Gasteiger partial charge >= 0.3 is 0 Å². The Morgan fingerprint density at radius 1 is 0.636 bits per heavy atom. The van der Waals surface area contributed by atoms with Gasteiger partial charge in [0.2, 0.25) is 0 Å². The third kappa shape index (κ3) is 6.55. The van der Waals surface area contributed by atoms with Crippen molar-refractivity contribution in [3.63, 3.8) is 0 Å². The second-order valence-corrected chi connectivity index (χ2v) is 8.64. The van der Waals surface area contributed by atoms with Gasteiger partial charge in [-0.3, -0.25) is 0 Å². The Balaban J connectivity index is 1.28. The zero-order valence-electron chi connectivity index (χ0n) is 19.1. The van der Waals surface area contributed by atoms with E-state index in [4.69, 9.17) is 5.26 Å². The molecule has 1 nitrogen and oxygen atoms in total. The Morgan fingerprint density at radius 2 is 1.12 bits per heavy atom. The summed E-state index contributed by atoms with van der Waals surface area (Å²) in [6.07, 6.45) is 7.35. The van der Waals surface area contributed by atoms with E-state index in [0.717, 1.165) is 24.8 Å². The topological polar surface area (TPSA) is 23.8 Å². The molecule has 0 N–H and O–H groups in total. The number of nitrogens with zero attached hydrogens (tertiary/aromatic N) is 1. The number of nitriles is 1. The normalized spacial score (nSPS) is 11.9. The van der Waals surface area contributed by atoms with E-state index >= 15 is 0 Å². The van der Waals surface area contributed by atoms with Gasteiger partial charge < -0.3 is 0 Å². The summed E-state index contributed by atoms with van der Waals surface area (Å²) in [4.78, 5) is 0. The van der Waals surface area contributed by atoms with E-state index in [1.807, 2.05) is 24.3 Å². The van der Waals surface area contributed by atoms with Crippen LogP contribution in [0, 0.1) is 11.3 Å². The molecule has 0 amide bonds. The van der Waals surface area contributed by atoms with Crippen molar-refractivity contribution >= 4 is 12.2 Å². The summed E-state index contributed by atoms with van der Waals surface area (Å²) in [6.45, 7) is 2.30. The summed E-state index contributed by atoms with van der Waals surface area (Å²) in [5.74, 6) is 0.529. The molecule has 4 rings (SSSR count). The first-order valence-corrected chi connectivity index (χ1v) is 11.6. The zero-order chi connectivity index (χ0) is 22.9. The molecule has 0 saturated carbocycles. The van der Waals surface area contributed by atoms with Gasteiger partial charge in [0, 0.05) is 0 Å². The van der Waals surface area contributed by atoms with Gasteiger partial charge in [0.25, 0.3) is 0 Å². The molecule has 0 aliphatic carbocycles. The molecule has 1 heteroatoms. The van der Waals surface area contributed by atoms with Crippen molar-refractivity contribution in [1.29, 1.82) is 5.26 Å². The quantitative estimate of drug-likeness (QED) is 0.263. The number of benzene rings is 4. The molecular formula is C32H29N. The van der Waals surface area contributed by atoms with Crippen LogP contribution in [-0.4, -0.2) is 0 Å². The van der Waals surface area contributed by atoms with Gasteiger partial charge in [-0.2, -0.15) is 5.26 Å². The first-order valence-electron chi connectivity index (χ1n) is 11.6. The molecule has 0 spiro atoms. The van der Waals surface area contributed by atoms with Gasteiger partial charge in [0.05, 0.1) is 11.6 Å². The average molecular weight is 428 g/mol. The van der Waals surface area contributed by atoms with Crippen LogP contribution in [0.3, 0.4) is 0 Å². The molecule has 0 fully saturated rings. The molecule has 0 bridgehead atoms. The van der Waals surface area contributed by atoms with Crippen molar-refractivity contribution in [3.05, 3.63) is 142 Å². The van der Waals surface area contributed by atoms with Crippen molar-refractivity contribution in [3.8, 4) is 6.07 Å². The highest BCUT2D eigenvalue weighted by atomic mass is 14.2. The minimum atomic E-state index is 0.529. The molecule has 0 aliphatic rings. The maximum Gasteiger partial charge on any atom is 0.0991 e. The summed E-state index contributed by atoms with van der Waals surface area (Å²) in [5, 5.41) is 8.89. The standard InChI is InChI=1S/C32H29N/c1-25(32-5-3-2-4-6-32)23-30-19-15-28(16-20-30)13-11-26-7-9-27(10-8-26)12-14-29-17-21-31(24-33)22-18-29/h2-10,12,14-22,25H,11,13,23H2,1H3/b14-12+. The van der Waals surface area contributed by atoms with Crippen molar-refractivity contribution < 1.29 is 0 Å². The van der Waals surface area contributed by atoms with E-state index in [2.05, 4.69) is 104 Å². The maximum atomic E-state index is 8.89. The first-order chi connectivity index (χ1) is 16.2. The van der Waals surface area contributed by atoms with Gasteiger partial charge in [0.1, 0.15) is 0 Å². The zero-order valence-corrected chi connectivity index (χ0v) is 19.1. The van der Waals surface area contributed by atoms with Crippen LogP contribution in [0.4, 0.5) is 0 Å². The molecule has 0 aliphatic heterocycles. The number of rotatable bonds is 8. The molecule has 0 radical (unpaired) electrons. The third-order valence-corrected chi connectivity index (χ3v) is 6.12. The van der Waals surface area contributed by atoms with Crippen LogP contribution < -0.4 is 0 Å². The van der Waals surface area contributed by atoms with E-state index in [0.29, 0.717) is 11.5 Å². The second-order valence-electron chi connectivity index (χ2n) is 8.64. The SMILES string of the molecule is CC(Cc1ccc(CCc2ccc(/C=C/c3ccc(C#N)cc3)cc2)cc1)c1ccccc1. The highest BCUT2D eigenvalue weighted by Crippen LogP contribution is 2.21. The molecule has 4 aromatic carbocycles. The lowest BCUT2D eigenvalue weighted by Gasteiger charge is -2.12. The van der Waals surface area contributed by atoms with Gasteiger partial charge in [-0.1, -0.05) is 110 Å². The van der Waals surface area contributed by atoms with Crippen LogP contribution in [0.15, 0.2) is 103 Å². The van der Waals surface area contributed by atoms with Gasteiger partial charge in [-0.15, -0.1) is 0 Å². The van der Waals surface area contributed by atoms with Crippen LogP contribution in [0.25, 0.3) is 12.2 Å². The van der Waals surface area contributed by atoms with Crippen molar-refractivity contribution in [1.82, 2.24) is 0 Å². The van der Waals surface area contributed by atoms with Crippen LogP contribution in [0.1, 0.15) is 51.8 Å². The highest BCUT2D eigenvalue weighted by Gasteiger charge is 2.06. The monoisotopic (exact) mass is 427 g/mol. The summed E-state index contributed by atoms with van der Waals surface area (Å²) >= 11 is 0. The fourth-order valence-corrected chi connectivity index (χ4v) is 4.04. The lowest BCUT2D eigenvalue weighted by atomic mass is 9.93. The van der Waals surface area contributed by atoms with E-state index in [1.165, 1.54) is 27.8 Å². The molecule has 1 unspecified atom stereocenters. The predicted octanol–water partition coefficient (Wildman–Crippen LogP) is 7.86. The molecule has 33 heavy (non-hydrogen) atoms. The van der Waals surface area contributed by atoms with E-state index in [9.17, 15) is 0 Å². The Bertz CT molecular complexity index is 1210. The number of hydrogen-bond donors (Lipinski definition) is 0. The lowest BCUT2D eigenvalue weighted by molar-refractivity contribution is 0.758. The second kappa shape index (κ2) is 11.1. The van der Waals surface area contributed by atoms with Crippen molar-refractivity contribution in [2.45, 2.75) is 32.1 Å². The summed E-state index contributed by atoms with van der Waals surface area (Å²) in [5.41, 5.74) is 8.50. The van der Waals surface area contributed by atoms with Gasteiger partial charge in [-0.05, 0) is 70.7 Å². The average Bonchev–Trinajstić information content (AvgIpc) is 2.88. The van der Waals surface area contributed by atoms with Crippen LogP contribution in [0.2, 0.25) is 0 Å². The van der Waals surface area contributed by atoms with E-state index in [-0.39, 0.29) is 0 Å². The first kappa shape index (κ1) is 22.3. The summed E-state index contributed by atoms with van der Waals surface area (Å²) in [7, 11) is 0. The Morgan fingerprint density at radius 3 is 1.67 bits per heavy atom. The number of aryl methyl sites for hydroxylation is 2. The fraction of sp³-hybridized carbons (Fsp3) is 0.156. The van der Waals surface area contributed by atoms with E-state index in [1.54, 1.807) is 0 Å². The predicted molar refractivity (Wildman–Crippen MR) is 139 cm³/mol. The van der Waals surface area contributed by atoms with Crippen LogP contribution in [-0.2, 0) is 19.3 Å². The van der Waals surface area contributed by atoms with Crippen LogP contribution in [0.5, 0.6) is 0 Å². The fourth-order valence-electron chi connectivity index (χ4n) is 4.04. The van der Waals surface area contributed by atoms with Gasteiger partial charge in [-0.25, -0.2) is 0 Å². The summed E-state index contributed by atoms with van der Waals surface area (Å²) < 4.78 is 0. The third-order valence-electron chi connectivity index (χ3n) is 6.12.